The Bertz CT molecular complexity index is 3700. The molecule has 2 heterocycles. The summed E-state index contributed by atoms with van der Waals surface area (Å²) < 4.78 is 0. The molecule has 14 heteroatoms. The molecule has 11 rings (SSSR count). The minimum absolute atomic E-state index is 0.112. The van der Waals surface area contributed by atoms with Crippen LogP contribution in [0.1, 0.15) is 177 Å². The minimum atomic E-state index is -0.522. The molecule has 9 aromatic carbocycles. The van der Waals surface area contributed by atoms with E-state index in [1.165, 1.54) is 9.80 Å². The molecule has 86 heavy (non-hydrogen) atoms. The Hall–Kier alpha value is -7.08. The lowest BCUT2D eigenvalue weighted by Crippen LogP contribution is -2.42. The van der Waals surface area contributed by atoms with Gasteiger partial charge < -0.3 is 21.3 Å². The Morgan fingerprint density at radius 3 is 0.721 bits per heavy atom. The van der Waals surface area contributed by atoms with Gasteiger partial charge in [-0.2, -0.15) is 0 Å². The van der Waals surface area contributed by atoms with Gasteiger partial charge in [-0.15, -0.1) is 0 Å². The lowest BCUT2D eigenvalue weighted by molar-refractivity contribution is 0.0593. The molecule has 0 saturated carbocycles. The second kappa shape index (κ2) is 24.6. The molecule has 0 aliphatic carbocycles. The highest BCUT2D eigenvalue weighted by Crippen LogP contribution is 2.61. The number of carbonyl (C=O) groups excluding carboxylic acids is 4. The molecule has 0 saturated heterocycles. The van der Waals surface area contributed by atoms with Crippen molar-refractivity contribution in [3.8, 4) is 0 Å². The van der Waals surface area contributed by atoms with Crippen LogP contribution in [0.4, 0.5) is 45.5 Å². The van der Waals surface area contributed by atoms with Crippen LogP contribution in [0.15, 0.2) is 72.8 Å². The molecule has 0 unspecified atom stereocenters. The topological polar surface area (TPSA) is 123 Å². The molecule has 0 spiro atoms. The van der Waals surface area contributed by atoms with E-state index in [0.717, 1.165) is 109 Å². The number of rotatable bonds is 22. The van der Waals surface area contributed by atoms with E-state index in [4.69, 9.17) is 46.4 Å². The van der Waals surface area contributed by atoms with Gasteiger partial charge in [0.15, 0.2) is 0 Å². The standard InChI is InChI=1S/C72H74Cl4N6O4/c1-11-13-15-17-19-21-23-81-69(83)57-51-49-53(61(73)65(57)77-45-29-37(3)25-38(4)30-45)55-50-52-59(67(63(55)75)79-47-33-41(7)27-42(8)34-47)71(85)82(24-22-20-18-16-14-12-2)72(86)60(52)68(80-48-35-43(9)28-44(10)36-48)64(76)56(50)54(49)62(74)66(58(51)70(81)84)78-46-31-39(5)26-40(6)32-46/h25-36,77-80H,11-24H2,1-10H3. The molecule has 0 fully saturated rings. The van der Waals surface area contributed by atoms with Crippen LogP contribution in [0.3, 0.4) is 0 Å². The highest BCUT2D eigenvalue weighted by atomic mass is 35.5. The Labute approximate surface area is 524 Å². The van der Waals surface area contributed by atoms with Crippen LogP contribution >= 0.6 is 46.4 Å². The third-order valence-electron chi connectivity index (χ3n) is 17.0. The summed E-state index contributed by atoms with van der Waals surface area (Å²) in [5.74, 6) is -2.09. The van der Waals surface area contributed by atoms with E-state index in [9.17, 15) is 0 Å². The maximum Gasteiger partial charge on any atom is 0.263 e. The van der Waals surface area contributed by atoms with Crippen molar-refractivity contribution in [1.82, 2.24) is 9.80 Å². The van der Waals surface area contributed by atoms with E-state index in [1.54, 1.807) is 0 Å². The highest BCUT2D eigenvalue weighted by molar-refractivity contribution is 6.59. The summed E-state index contributed by atoms with van der Waals surface area (Å²) in [4.78, 5) is 66.8. The van der Waals surface area contributed by atoms with E-state index in [0.29, 0.717) is 78.7 Å². The van der Waals surface area contributed by atoms with E-state index < -0.39 is 23.6 Å². The zero-order valence-corrected chi connectivity index (χ0v) is 53.9. The van der Waals surface area contributed by atoms with Crippen LogP contribution in [0.25, 0.3) is 43.1 Å². The van der Waals surface area contributed by atoms with Crippen molar-refractivity contribution >= 4 is 159 Å². The van der Waals surface area contributed by atoms with Crippen molar-refractivity contribution in [1.29, 1.82) is 0 Å². The molecule has 0 bridgehead atoms. The maximum absolute atomic E-state index is 16.0. The van der Waals surface area contributed by atoms with Crippen LogP contribution in [0.5, 0.6) is 0 Å². The lowest BCUT2D eigenvalue weighted by atomic mass is 9.79. The Balaban J connectivity index is 1.35. The number of hydrogen-bond donors (Lipinski definition) is 4. The van der Waals surface area contributed by atoms with Gasteiger partial charge in [0.05, 0.1) is 65.1 Å². The van der Waals surface area contributed by atoms with Gasteiger partial charge in [-0.25, -0.2) is 0 Å². The van der Waals surface area contributed by atoms with Crippen LogP contribution in [-0.2, 0) is 0 Å². The number of aryl methyl sites for hydroxylation is 8. The van der Waals surface area contributed by atoms with Gasteiger partial charge in [0.1, 0.15) is 0 Å². The van der Waals surface area contributed by atoms with Crippen molar-refractivity contribution < 1.29 is 19.2 Å². The molecular formula is C72H74Cl4N6O4. The van der Waals surface area contributed by atoms with Gasteiger partial charge in [0, 0.05) is 78.9 Å². The Morgan fingerprint density at radius 1 is 0.291 bits per heavy atom. The van der Waals surface area contributed by atoms with Gasteiger partial charge in [0.25, 0.3) is 23.6 Å². The minimum Gasteiger partial charge on any atom is -0.354 e. The third-order valence-corrected chi connectivity index (χ3v) is 18.5. The van der Waals surface area contributed by atoms with Gasteiger partial charge in [-0.3, -0.25) is 29.0 Å². The van der Waals surface area contributed by atoms with E-state index in [-0.39, 0.29) is 78.2 Å². The second-order valence-electron chi connectivity index (χ2n) is 24.3. The normalized spacial score (nSPS) is 13.2. The van der Waals surface area contributed by atoms with Crippen LogP contribution in [0.2, 0.25) is 20.1 Å². The smallest absolute Gasteiger partial charge is 0.263 e. The van der Waals surface area contributed by atoms with Crippen LogP contribution < -0.4 is 21.3 Å². The molecule has 10 nitrogen and oxygen atoms in total. The molecule has 0 aromatic heterocycles. The van der Waals surface area contributed by atoms with Crippen molar-refractivity contribution in [2.75, 3.05) is 34.4 Å². The number of nitrogens with one attached hydrogen (secondary N) is 4. The first-order valence-electron chi connectivity index (χ1n) is 30.4. The monoisotopic (exact) mass is 1230 g/mol. The highest BCUT2D eigenvalue weighted by Gasteiger charge is 2.45. The summed E-state index contributed by atoms with van der Waals surface area (Å²) in [6, 6.07) is 24.1. The Morgan fingerprint density at radius 2 is 0.500 bits per heavy atom. The first-order chi connectivity index (χ1) is 41.2. The molecule has 4 amide bonds. The van der Waals surface area contributed by atoms with E-state index >= 15 is 19.2 Å². The van der Waals surface area contributed by atoms with Crippen molar-refractivity contribution in [2.45, 2.75) is 146 Å². The summed E-state index contributed by atoms with van der Waals surface area (Å²) in [6.07, 6.45) is 11.2. The summed E-state index contributed by atoms with van der Waals surface area (Å²) in [5, 5.41) is 17.7. The fourth-order valence-electron chi connectivity index (χ4n) is 13.6. The van der Waals surface area contributed by atoms with Gasteiger partial charge in [0.2, 0.25) is 0 Å². The van der Waals surface area contributed by atoms with Crippen molar-refractivity contribution in [3.63, 3.8) is 0 Å². The van der Waals surface area contributed by atoms with Crippen LogP contribution in [0, 0.1) is 55.4 Å². The predicted octanol–water partition coefficient (Wildman–Crippen LogP) is 21.7. The SMILES string of the molecule is CCCCCCCCN1C(=O)c2c(Nc3cc(C)cc(C)c3)c(Cl)c3c4c(Cl)c(Nc5cc(C)cc(C)c5)c5c6c(c(Nc7cc(C)cc(C)c7)c(Cl)c(c7c(Cl)c(Nc8cc(C)cc(C)c8)c(c2c37)C1=O)c64)C(=O)N(CCCCCCCC)C5=O. The van der Waals surface area contributed by atoms with Gasteiger partial charge >= 0.3 is 0 Å². The number of unbranched alkanes of at least 4 members (excludes halogenated alkanes) is 10. The molecule has 0 atom stereocenters. The second-order valence-corrected chi connectivity index (χ2v) is 25.8. The quantitative estimate of drug-likeness (QED) is 0.0229. The molecule has 2 aliphatic heterocycles. The predicted molar refractivity (Wildman–Crippen MR) is 362 cm³/mol. The van der Waals surface area contributed by atoms with Crippen molar-refractivity contribution in [2.24, 2.45) is 0 Å². The zero-order chi connectivity index (χ0) is 61.2. The number of carbonyl (C=O) groups is 4. The van der Waals surface area contributed by atoms with Gasteiger partial charge in [-0.1, -0.05) is 149 Å². The largest absolute Gasteiger partial charge is 0.354 e. The third kappa shape index (κ3) is 11.0. The maximum atomic E-state index is 16.0. The first-order valence-corrected chi connectivity index (χ1v) is 32.0. The molecule has 2 aliphatic rings. The summed E-state index contributed by atoms with van der Waals surface area (Å²) in [7, 11) is 0. The van der Waals surface area contributed by atoms with E-state index in [1.807, 2.05) is 104 Å². The van der Waals surface area contributed by atoms with Crippen LogP contribution in [-0.4, -0.2) is 46.5 Å². The first kappa shape index (κ1) is 60.6. The fourth-order valence-corrected chi connectivity index (χ4v) is 15.0. The number of amides is 4. The summed E-state index contributed by atoms with van der Waals surface area (Å²) in [6.45, 7) is 20.7. The number of hydrogen-bond acceptors (Lipinski definition) is 8. The Kier molecular flexibility index (Phi) is 17.3. The summed E-state index contributed by atoms with van der Waals surface area (Å²) >= 11 is 32.9. The number of halogens is 4. The summed E-state index contributed by atoms with van der Waals surface area (Å²) in [5.41, 5.74) is 12.1. The molecule has 0 radical (unpaired) electrons. The average Bonchev–Trinajstić information content (AvgIpc) is 0.669. The molecule has 9 aromatic rings. The number of benzene rings is 9. The molecule has 444 valence electrons. The van der Waals surface area contributed by atoms with Crippen molar-refractivity contribution in [3.05, 3.63) is 160 Å². The zero-order valence-electron chi connectivity index (χ0n) is 50.9. The number of anilines is 8. The average molecular weight is 1230 g/mol. The molecule has 4 N–H and O–H groups in total. The van der Waals surface area contributed by atoms with E-state index in [2.05, 4.69) is 59.4 Å². The fraction of sp³-hybridized carbons (Fsp3) is 0.333. The van der Waals surface area contributed by atoms with Gasteiger partial charge in [-0.05, 0) is 161 Å². The number of fused-ring (bicyclic) bond motifs is 2. The molecular weight excluding hydrogens is 1150 g/mol. The number of nitrogens with zero attached hydrogens (tertiary/aromatic N) is 2. The number of imide groups is 2. The lowest BCUT2D eigenvalue weighted by Gasteiger charge is -2.35.